The van der Waals surface area contributed by atoms with Gasteiger partial charge in [-0.1, -0.05) is 6.58 Å². The molecule has 1 amide bonds. The summed E-state index contributed by atoms with van der Waals surface area (Å²) in [6, 6.07) is 8.09. The fourth-order valence-corrected chi connectivity index (χ4v) is 4.30. The lowest BCUT2D eigenvalue weighted by atomic mass is 10.1. The summed E-state index contributed by atoms with van der Waals surface area (Å²) < 4.78 is 9.60. The highest BCUT2D eigenvalue weighted by atomic mass is 16.5. The second-order valence-electron chi connectivity index (χ2n) is 8.80. The van der Waals surface area contributed by atoms with Crippen molar-refractivity contribution >= 4 is 17.2 Å². The van der Waals surface area contributed by atoms with Crippen LogP contribution in [0.1, 0.15) is 18.2 Å². The molecule has 5 heterocycles. The first-order valence-corrected chi connectivity index (χ1v) is 11.6. The van der Waals surface area contributed by atoms with E-state index >= 15 is 0 Å². The second kappa shape index (κ2) is 9.54. The number of aromatic nitrogens is 5. The number of nitriles is 1. The van der Waals surface area contributed by atoms with E-state index in [1.54, 1.807) is 42.6 Å². The van der Waals surface area contributed by atoms with Gasteiger partial charge in [-0.05, 0) is 25.1 Å². The topological polar surface area (TPSA) is 105 Å². The van der Waals surface area contributed by atoms with Crippen LogP contribution >= 0.6 is 0 Å². The van der Waals surface area contributed by atoms with E-state index in [9.17, 15) is 10.1 Å². The van der Waals surface area contributed by atoms with Crippen LogP contribution in [0.4, 0.5) is 5.82 Å². The quantitative estimate of drug-likeness (QED) is 0.389. The van der Waals surface area contributed by atoms with Gasteiger partial charge in [-0.2, -0.15) is 10.4 Å². The highest BCUT2D eigenvalue weighted by Crippen LogP contribution is 2.31. The lowest BCUT2D eigenvalue weighted by Gasteiger charge is -2.35. The van der Waals surface area contributed by atoms with Crippen molar-refractivity contribution in [2.24, 2.45) is 7.05 Å². The maximum absolute atomic E-state index is 12.2. The summed E-state index contributed by atoms with van der Waals surface area (Å²) in [7, 11) is 1.92. The molecule has 4 aromatic rings. The Kier molecular flexibility index (Phi) is 6.12. The van der Waals surface area contributed by atoms with Crippen molar-refractivity contribution in [2.75, 3.05) is 31.1 Å². The summed E-state index contributed by atoms with van der Waals surface area (Å²) >= 11 is 0. The zero-order chi connectivity index (χ0) is 25.2. The van der Waals surface area contributed by atoms with Crippen molar-refractivity contribution in [1.82, 2.24) is 29.0 Å². The van der Waals surface area contributed by atoms with Gasteiger partial charge in [0.15, 0.2) is 0 Å². The molecule has 1 aliphatic rings. The van der Waals surface area contributed by atoms with E-state index in [-0.39, 0.29) is 5.91 Å². The highest BCUT2D eigenvalue weighted by molar-refractivity contribution is 5.92. The first-order valence-electron chi connectivity index (χ1n) is 11.6. The number of imidazole rings is 1. The maximum atomic E-state index is 12.2. The number of carbonyl (C=O) groups is 1. The summed E-state index contributed by atoms with van der Waals surface area (Å²) in [5.41, 5.74) is 4.33. The number of nitrogens with zero attached hydrogens (tertiary/aromatic N) is 8. The van der Waals surface area contributed by atoms with Gasteiger partial charge in [0.2, 0.25) is 5.91 Å². The van der Waals surface area contributed by atoms with E-state index in [0.717, 1.165) is 22.6 Å². The van der Waals surface area contributed by atoms with Gasteiger partial charge in [0.25, 0.3) is 0 Å². The summed E-state index contributed by atoms with van der Waals surface area (Å²) in [5.74, 6) is 1.46. The van der Waals surface area contributed by atoms with Crippen molar-refractivity contribution in [2.45, 2.75) is 13.5 Å². The van der Waals surface area contributed by atoms with Crippen LogP contribution in [-0.2, 0) is 18.4 Å². The fourth-order valence-electron chi connectivity index (χ4n) is 4.30. The van der Waals surface area contributed by atoms with Crippen LogP contribution in [0.15, 0.2) is 61.5 Å². The molecular weight excluding hydrogens is 456 g/mol. The van der Waals surface area contributed by atoms with Gasteiger partial charge in [0.1, 0.15) is 24.2 Å². The van der Waals surface area contributed by atoms with Gasteiger partial charge in [-0.3, -0.25) is 4.79 Å². The number of ether oxygens (including phenoxy) is 1. The monoisotopic (exact) mass is 482 g/mol. The molecule has 1 saturated heterocycles. The average Bonchev–Trinajstić information content (AvgIpc) is 3.52. The number of hydrogen-bond donors (Lipinski definition) is 0. The predicted octanol–water partition coefficient (Wildman–Crippen LogP) is 2.81. The molecule has 182 valence electrons. The smallest absolute Gasteiger partial charge is 0.249 e. The molecule has 1 aliphatic heterocycles. The van der Waals surface area contributed by atoms with Crippen LogP contribution in [-0.4, -0.2) is 61.1 Å². The Labute approximate surface area is 208 Å². The first-order chi connectivity index (χ1) is 17.4. The molecule has 1 fully saturated rings. The Bertz CT molecular complexity index is 1470. The van der Waals surface area contributed by atoms with Crippen LogP contribution < -0.4 is 9.64 Å². The van der Waals surface area contributed by atoms with Crippen LogP contribution in [0.5, 0.6) is 5.75 Å². The molecule has 0 atom stereocenters. The second-order valence-corrected chi connectivity index (χ2v) is 8.80. The molecule has 0 unspecified atom stereocenters. The van der Waals surface area contributed by atoms with E-state index in [2.05, 4.69) is 27.6 Å². The Hall–Kier alpha value is -4.65. The molecule has 10 heteroatoms. The number of fused-ring (bicyclic) bond motifs is 1. The largest absolute Gasteiger partial charge is 0.486 e. The third kappa shape index (κ3) is 4.38. The van der Waals surface area contributed by atoms with Gasteiger partial charge in [-0.25, -0.2) is 14.5 Å². The van der Waals surface area contributed by atoms with E-state index in [0.29, 0.717) is 55.2 Å². The number of rotatable bonds is 6. The summed E-state index contributed by atoms with van der Waals surface area (Å²) in [6.45, 7) is 8.51. The summed E-state index contributed by atoms with van der Waals surface area (Å²) in [5, 5.41) is 14.0. The molecule has 0 aliphatic carbocycles. The molecule has 0 radical (unpaired) electrons. The SMILES string of the molecule is C=C(C)C(=O)N1CCN(c2ccc(-c3cc(OCc4cncn4C)cn4ncc(C#N)c34)cn2)CC1. The third-order valence-electron chi connectivity index (χ3n) is 6.33. The molecule has 0 spiro atoms. The van der Waals surface area contributed by atoms with Gasteiger partial charge in [0.05, 0.1) is 41.7 Å². The number of piperazine rings is 1. The lowest BCUT2D eigenvalue weighted by Crippen LogP contribution is -2.49. The van der Waals surface area contributed by atoms with Crippen molar-refractivity contribution < 1.29 is 9.53 Å². The molecule has 36 heavy (non-hydrogen) atoms. The number of hydrogen-bond acceptors (Lipinski definition) is 7. The van der Waals surface area contributed by atoms with Crippen molar-refractivity contribution in [3.63, 3.8) is 0 Å². The number of amides is 1. The van der Waals surface area contributed by atoms with Crippen LogP contribution in [0.2, 0.25) is 0 Å². The van der Waals surface area contributed by atoms with Crippen molar-refractivity contribution in [1.29, 1.82) is 5.26 Å². The van der Waals surface area contributed by atoms with Crippen LogP contribution in [0, 0.1) is 11.3 Å². The molecule has 4 aromatic heterocycles. The summed E-state index contributed by atoms with van der Waals surface area (Å²) in [4.78, 5) is 25.0. The van der Waals surface area contributed by atoms with Crippen molar-refractivity contribution in [3.05, 3.63) is 72.7 Å². The van der Waals surface area contributed by atoms with Crippen molar-refractivity contribution in [3.8, 4) is 22.9 Å². The van der Waals surface area contributed by atoms with Gasteiger partial charge < -0.3 is 19.1 Å². The molecule has 0 bridgehead atoms. The van der Waals surface area contributed by atoms with E-state index in [1.807, 2.05) is 34.7 Å². The van der Waals surface area contributed by atoms with Crippen LogP contribution in [0.3, 0.4) is 0 Å². The number of anilines is 1. The van der Waals surface area contributed by atoms with Crippen LogP contribution in [0.25, 0.3) is 16.6 Å². The minimum atomic E-state index is 0.00146. The average molecular weight is 483 g/mol. The first kappa shape index (κ1) is 23.1. The molecule has 0 aromatic carbocycles. The number of pyridine rings is 2. The minimum Gasteiger partial charge on any atom is -0.486 e. The highest BCUT2D eigenvalue weighted by Gasteiger charge is 2.22. The molecule has 5 rings (SSSR count). The zero-order valence-electron chi connectivity index (χ0n) is 20.3. The normalized spacial score (nSPS) is 13.6. The molecule has 0 saturated carbocycles. The number of aryl methyl sites for hydroxylation is 1. The maximum Gasteiger partial charge on any atom is 0.249 e. The Morgan fingerprint density at radius 2 is 2.00 bits per heavy atom. The minimum absolute atomic E-state index is 0.00146. The Balaban J connectivity index is 1.40. The standard InChI is InChI=1S/C26H26N8O2/c1-18(2)26(35)33-8-6-32(7-9-33)24-5-4-19(12-29-24)23-10-22(36-16-21-14-28-17-31(21)3)15-34-25(23)20(11-27)13-30-34/h4-5,10,12-15,17H,1,6-9,16H2,2-3H3. The van der Waals surface area contributed by atoms with E-state index in [4.69, 9.17) is 9.72 Å². The number of carbonyl (C=O) groups excluding carboxylic acids is 1. The van der Waals surface area contributed by atoms with E-state index in [1.165, 1.54) is 0 Å². The fraction of sp³-hybridized carbons (Fsp3) is 0.269. The van der Waals surface area contributed by atoms with E-state index < -0.39 is 0 Å². The van der Waals surface area contributed by atoms with Gasteiger partial charge in [-0.15, -0.1) is 0 Å². The van der Waals surface area contributed by atoms with Gasteiger partial charge in [0, 0.05) is 56.1 Å². The third-order valence-corrected chi connectivity index (χ3v) is 6.33. The predicted molar refractivity (Wildman–Crippen MR) is 134 cm³/mol. The Morgan fingerprint density at radius 3 is 2.64 bits per heavy atom. The van der Waals surface area contributed by atoms with Gasteiger partial charge >= 0.3 is 0 Å². The summed E-state index contributed by atoms with van der Waals surface area (Å²) in [6.07, 6.45) is 8.61. The molecular formula is C26H26N8O2. The zero-order valence-corrected chi connectivity index (χ0v) is 20.3. The lowest BCUT2D eigenvalue weighted by molar-refractivity contribution is -0.127. The Morgan fingerprint density at radius 1 is 1.19 bits per heavy atom. The molecule has 10 nitrogen and oxygen atoms in total. The molecule has 0 N–H and O–H groups in total.